The van der Waals surface area contributed by atoms with Gasteiger partial charge >= 0.3 is 0 Å². The molecule has 1 saturated carbocycles. The molecule has 1 saturated heterocycles. The van der Waals surface area contributed by atoms with Gasteiger partial charge in [-0.05, 0) is 78.6 Å². The molecule has 5 heterocycles. The van der Waals surface area contributed by atoms with Crippen LogP contribution in [0.25, 0.3) is 22.2 Å². The van der Waals surface area contributed by atoms with Crippen LogP contribution in [0, 0.1) is 19.3 Å². The standard InChI is InChI=1S/C30H30BrFN8O3/c1-16-5-6-25(31)36-28(16)37-29(43)22-10-30(7-4-8-32)11-24(30)40(22)26(42)15-39-23-14-35-21(19-12-33-18(3)34-13-19)9-20(23)27(38-39)17(2)41/h5-6,9,12-14,22,24H,4,7-8,10-11,15H2,1-3H3,(H,36,37,43)/t22-,24+,30-/m0/s1. The average Bonchev–Trinajstić information content (AvgIpc) is 3.40. The Balaban J connectivity index is 1.30. The largest absolute Gasteiger partial charge is 0.325 e. The van der Waals surface area contributed by atoms with Crippen molar-refractivity contribution in [3.05, 3.63) is 58.5 Å². The first-order valence-electron chi connectivity index (χ1n) is 14.1. The van der Waals surface area contributed by atoms with Gasteiger partial charge in [0.05, 0.1) is 24.1 Å². The Kier molecular flexibility index (Phi) is 7.53. The number of piperidine rings is 1. The fraction of sp³-hybridized carbons (Fsp3) is 0.400. The van der Waals surface area contributed by atoms with E-state index < -0.39 is 12.7 Å². The van der Waals surface area contributed by atoms with Crippen LogP contribution >= 0.6 is 15.9 Å². The second-order valence-electron chi connectivity index (χ2n) is 11.4. The maximum absolute atomic E-state index is 14.0. The molecule has 11 nitrogen and oxygen atoms in total. The number of fused-ring (bicyclic) bond motifs is 2. The van der Waals surface area contributed by atoms with Crippen LogP contribution in [0.4, 0.5) is 10.2 Å². The van der Waals surface area contributed by atoms with Crippen LogP contribution in [0.2, 0.25) is 0 Å². The van der Waals surface area contributed by atoms with Gasteiger partial charge in [0.15, 0.2) is 5.78 Å². The molecule has 2 fully saturated rings. The first-order valence-corrected chi connectivity index (χ1v) is 14.9. The number of carbonyl (C=O) groups is 3. The normalized spacial score (nSPS) is 20.7. The van der Waals surface area contributed by atoms with E-state index in [0.717, 1.165) is 12.0 Å². The summed E-state index contributed by atoms with van der Waals surface area (Å²) in [6.07, 6.45) is 7.05. The monoisotopic (exact) mass is 648 g/mol. The van der Waals surface area contributed by atoms with Crippen molar-refractivity contribution in [1.29, 1.82) is 0 Å². The molecule has 6 rings (SSSR count). The molecule has 0 radical (unpaired) electrons. The summed E-state index contributed by atoms with van der Waals surface area (Å²) in [5, 5.41) is 7.95. The molecule has 13 heteroatoms. The summed E-state index contributed by atoms with van der Waals surface area (Å²) in [6, 6.07) is 4.46. The molecule has 43 heavy (non-hydrogen) atoms. The van der Waals surface area contributed by atoms with Gasteiger partial charge in [-0.15, -0.1) is 0 Å². The van der Waals surface area contributed by atoms with Crippen LogP contribution in [0.15, 0.2) is 41.4 Å². The van der Waals surface area contributed by atoms with Crippen LogP contribution in [-0.4, -0.2) is 71.0 Å². The number of likely N-dealkylation sites (tertiary alicyclic amines) is 1. The molecule has 1 aliphatic heterocycles. The summed E-state index contributed by atoms with van der Waals surface area (Å²) in [4.78, 5) is 59.1. The number of carbonyl (C=O) groups excluding carboxylic acids is 3. The van der Waals surface area contributed by atoms with Gasteiger partial charge < -0.3 is 10.2 Å². The van der Waals surface area contributed by atoms with Crippen molar-refractivity contribution in [1.82, 2.24) is 34.6 Å². The number of aromatic nitrogens is 6. The van der Waals surface area contributed by atoms with Gasteiger partial charge in [0.25, 0.3) is 0 Å². The molecule has 0 aromatic carbocycles. The smallest absolute Gasteiger partial charge is 0.248 e. The number of pyridine rings is 2. The molecular weight excluding hydrogens is 619 g/mol. The molecular formula is C30H30BrFN8O3. The highest BCUT2D eigenvalue weighted by atomic mass is 79.9. The number of amides is 2. The summed E-state index contributed by atoms with van der Waals surface area (Å²) in [7, 11) is 0. The summed E-state index contributed by atoms with van der Waals surface area (Å²) >= 11 is 3.34. The van der Waals surface area contributed by atoms with Gasteiger partial charge in [-0.2, -0.15) is 5.10 Å². The lowest BCUT2D eigenvalue weighted by Gasteiger charge is -2.27. The van der Waals surface area contributed by atoms with Crippen molar-refractivity contribution in [3.63, 3.8) is 0 Å². The fourth-order valence-corrected chi connectivity index (χ4v) is 6.48. The highest BCUT2D eigenvalue weighted by molar-refractivity contribution is 9.10. The molecule has 3 atom stereocenters. The minimum atomic E-state index is -0.744. The van der Waals surface area contributed by atoms with Crippen molar-refractivity contribution < 1.29 is 18.8 Å². The second-order valence-corrected chi connectivity index (χ2v) is 12.2. The van der Waals surface area contributed by atoms with E-state index in [-0.39, 0.29) is 41.3 Å². The van der Waals surface area contributed by atoms with Crippen LogP contribution in [0.1, 0.15) is 54.5 Å². The quantitative estimate of drug-likeness (QED) is 0.205. The number of nitrogens with one attached hydrogen (secondary N) is 1. The third-order valence-corrected chi connectivity index (χ3v) is 8.90. The first-order chi connectivity index (χ1) is 20.6. The number of alkyl halides is 1. The van der Waals surface area contributed by atoms with E-state index in [1.54, 1.807) is 42.5 Å². The topological polar surface area (TPSA) is 136 Å². The lowest BCUT2D eigenvalue weighted by molar-refractivity contribution is -0.138. The number of halogens is 2. The van der Waals surface area contributed by atoms with Crippen LogP contribution in [0.3, 0.4) is 0 Å². The highest BCUT2D eigenvalue weighted by Crippen LogP contribution is 2.62. The number of nitrogens with zero attached hydrogens (tertiary/aromatic N) is 7. The molecule has 0 unspecified atom stereocenters. The summed E-state index contributed by atoms with van der Waals surface area (Å²) in [6.45, 7) is 4.41. The van der Waals surface area contributed by atoms with E-state index in [0.29, 0.717) is 57.7 Å². The number of rotatable bonds is 9. The zero-order chi connectivity index (χ0) is 30.5. The maximum Gasteiger partial charge on any atom is 0.248 e. The Bertz CT molecular complexity index is 1760. The number of hydrogen-bond donors (Lipinski definition) is 1. The van der Waals surface area contributed by atoms with Crippen LogP contribution in [-0.2, 0) is 16.1 Å². The summed E-state index contributed by atoms with van der Waals surface area (Å²) in [5.74, 6) is 0.141. The van der Waals surface area contributed by atoms with Gasteiger partial charge in [-0.1, -0.05) is 6.07 Å². The van der Waals surface area contributed by atoms with E-state index >= 15 is 0 Å². The fourth-order valence-electron chi connectivity index (χ4n) is 6.17. The number of Topliss-reactive ketones (excluding diaryl/α,β-unsaturated/α-hetero) is 1. The first kappa shape index (κ1) is 29.0. The lowest BCUT2D eigenvalue weighted by atomic mass is 9.94. The maximum atomic E-state index is 14.0. The SMILES string of the molecule is CC(=O)c1nn(CC(=O)N2[C@H](C(=O)Nc3nc(Br)ccc3C)C[C@@]3(CCCF)C[C@@H]23)c2cnc(-c3cnc(C)nc3)cc12. The number of ketones is 1. The van der Waals surface area contributed by atoms with E-state index in [1.807, 2.05) is 13.0 Å². The molecule has 4 aromatic heterocycles. The molecule has 1 N–H and O–H groups in total. The molecule has 222 valence electrons. The van der Waals surface area contributed by atoms with Gasteiger partial charge in [0.2, 0.25) is 11.8 Å². The third kappa shape index (κ3) is 5.41. The van der Waals surface area contributed by atoms with Gasteiger partial charge in [0, 0.05) is 36.3 Å². The molecule has 1 aliphatic carbocycles. The molecule has 2 aliphatic rings. The van der Waals surface area contributed by atoms with E-state index in [4.69, 9.17) is 0 Å². The van der Waals surface area contributed by atoms with Crippen LogP contribution in [0.5, 0.6) is 0 Å². The van der Waals surface area contributed by atoms with Crippen molar-refractivity contribution in [3.8, 4) is 11.3 Å². The minimum Gasteiger partial charge on any atom is -0.325 e. The van der Waals surface area contributed by atoms with E-state index in [2.05, 4.69) is 46.3 Å². The molecule has 0 bridgehead atoms. The summed E-state index contributed by atoms with van der Waals surface area (Å²) < 4.78 is 15.2. The third-order valence-electron chi connectivity index (χ3n) is 8.45. The Morgan fingerprint density at radius 1 is 1.12 bits per heavy atom. The van der Waals surface area contributed by atoms with Crippen molar-refractivity contribution in [2.24, 2.45) is 5.41 Å². The predicted octanol–water partition coefficient (Wildman–Crippen LogP) is 4.61. The predicted molar refractivity (Wildman–Crippen MR) is 160 cm³/mol. The highest BCUT2D eigenvalue weighted by Gasteiger charge is 2.66. The molecule has 4 aromatic rings. The molecule has 2 amide bonds. The van der Waals surface area contributed by atoms with Crippen LogP contribution < -0.4 is 5.32 Å². The molecule has 0 spiro atoms. The van der Waals surface area contributed by atoms with Crippen molar-refractivity contribution in [2.75, 3.05) is 12.0 Å². The number of aryl methyl sites for hydroxylation is 2. The Labute approximate surface area is 255 Å². The van der Waals surface area contributed by atoms with E-state index in [1.165, 1.54) is 11.6 Å². The Morgan fingerprint density at radius 3 is 2.60 bits per heavy atom. The number of anilines is 1. The van der Waals surface area contributed by atoms with Crippen molar-refractivity contribution >= 4 is 50.2 Å². The average molecular weight is 650 g/mol. The Hall–Kier alpha value is -4.13. The zero-order valence-corrected chi connectivity index (χ0v) is 25.6. The lowest BCUT2D eigenvalue weighted by Crippen LogP contribution is -2.47. The second kappa shape index (κ2) is 11.2. The summed E-state index contributed by atoms with van der Waals surface area (Å²) in [5.41, 5.74) is 2.49. The van der Waals surface area contributed by atoms with Gasteiger partial charge in [0.1, 0.15) is 34.5 Å². The minimum absolute atomic E-state index is 0.167. The van der Waals surface area contributed by atoms with E-state index in [9.17, 15) is 18.8 Å². The Morgan fingerprint density at radius 2 is 1.88 bits per heavy atom. The van der Waals surface area contributed by atoms with Crippen molar-refractivity contribution in [2.45, 2.75) is 65.1 Å². The number of hydrogen-bond acceptors (Lipinski definition) is 8. The van der Waals surface area contributed by atoms with Gasteiger partial charge in [-0.3, -0.25) is 28.4 Å². The van der Waals surface area contributed by atoms with Gasteiger partial charge in [-0.25, -0.2) is 15.0 Å². The zero-order valence-electron chi connectivity index (χ0n) is 24.0.